The van der Waals surface area contributed by atoms with Gasteiger partial charge in [0.1, 0.15) is 0 Å². The van der Waals surface area contributed by atoms with Crippen LogP contribution < -0.4 is 0 Å². The van der Waals surface area contributed by atoms with Gasteiger partial charge < -0.3 is 13.9 Å². The molecular formula is C21H45ClO4Si. The minimum absolute atomic E-state index is 0.0278. The zero-order chi connectivity index (χ0) is 22.9. The summed E-state index contributed by atoms with van der Waals surface area (Å²) in [6, 6.07) is 0. The number of carbonyl (C=O) groups excluding carboxylic acids is 1. The minimum atomic E-state index is -1.49. The molecule has 0 atom stereocenters. The standard InChI is InChI=1S/C9H18O2.C8H18O2Si.C4H9Cl/c1-8(2,3)9(4,5)7(10)11-6;1-7(2)8(9-3)10-11(4,5)6;1-4(2,3)5/h2*1-6H3;1-3H3. The molecule has 0 radical (unpaired) electrons. The van der Waals surface area contributed by atoms with Gasteiger partial charge in [-0.05, 0) is 73.5 Å². The molecule has 0 saturated heterocycles. The number of allylic oxidation sites excluding steroid dienone is 1. The van der Waals surface area contributed by atoms with Gasteiger partial charge in [0.05, 0.1) is 19.6 Å². The SMILES string of the molecule is CC(C)(C)Cl.COC(=O)C(C)(C)C(C)(C)C.COC(O[Si](C)(C)C)=C(C)C. The highest BCUT2D eigenvalue weighted by atomic mass is 35.5. The summed E-state index contributed by atoms with van der Waals surface area (Å²) in [6.07, 6.45) is 0. The predicted molar refractivity (Wildman–Crippen MR) is 121 cm³/mol. The van der Waals surface area contributed by atoms with E-state index in [4.69, 9.17) is 25.5 Å². The van der Waals surface area contributed by atoms with Crippen LogP contribution in [0.25, 0.3) is 0 Å². The van der Waals surface area contributed by atoms with Gasteiger partial charge in [-0.3, -0.25) is 4.79 Å². The highest BCUT2D eigenvalue weighted by Gasteiger charge is 2.40. The summed E-state index contributed by atoms with van der Waals surface area (Å²) >= 11 is 5.53. The van der Waals surface area contributed by atoms with Crippen molar-refractivity contribution in [3.63, 3.8) is 0 Å². The van der Waals surface area contributed by atoms with Crippen molar-refractivity contribution in [2.45, 2.75) is 93.8 Å². The first-order chi connectivity index (χ1) is 11.6. The number of hydrogen-bond donors (Lipinski definition) is 0. The van der Waals surface area contributed by atoms with E-state index in [1.54, 1.807) is 7.11 Å². The summed E-state index contributed by atoms with van der Waals surface area (Å²) in [5.41, 5.74) is 0.622. The Hall–Kier alpha value is -0.683. The largest absolute Gasteiger partial charge is 0.520 e. The number of halogens is 1. The first-order valence-electron chi connectivity index (χ1n) is 9.28. The Bertz CT molecular complexity index is 454. The molecule has 0 unspecified atom stereocenters. The minimum Gasteiger partial charge on any atom is -0.520 e. The molecule has 0 aliphatic carbocycles. The first kappa shape index (κ1) is 31.0. The lowest BCUT2D eigenvalue weighted by atomic mass is 9.69. The molecule has 0 heterocycles. The summed E-state index contributed by atoms with van der Waals surface area (Å²) < 4.78 is 15.4. The van der Waals surface area contributed by atoms with Gasteiger partial charge in [0.2, 0.25) is 8.32 Å². The summed E-state index contributed by atoms with van der Waals surface area (Å²) in [7, 11) is 1.58. The second-order valence-electron chi connectivity index (χ2n) is 10.1. The van der Waals surface area contributed by atoms with Crippen LogP contribution in [0.15, 0.2) is 11.5 Å². The Balaban J connectivity index is -0.000000344. The lowest BCUT2D eigenvalue weighted by Gasteiger charge is -2.35. The number of methoxy groups -OCH3 is 2. The Kier molecular flexibility index (Phi) is 13.8. The van der Waals surface area contributed by atoms with Crippen LogP contribution in [-0.2, 0) is 18.7 Å². The Labute approximate surface area is 175 Å². The van der Waals surface area contributed by atoms with Crippen molar-refractivity contribution >= 4 is 25.9 Å². The molecule has 0 N–H and O–H groups in total. The van der Waals surface area contributed by atoms with Crippen LogP contribution in [0.1, 0.15) is 69.2 Å². The van der Waals surface area contributed by atoms with Crippen molar-refractivity contribution in [1.29, 1.82) is 0 Å². The molecule has 0 aromatic carbocycles. The molecule has 0 aromatic rings. The van der Waals surface area contributed by atoms with Gasteiger partial charge in [-0.2, -0.15) is 0 Å². The van der Waals surface area contributed by atoms with Gasteiger partial charge in [-0.15, -0.1) is 11.6 Å². The molecule has 164 valence electrons. The topological polar surface area (TPSA) is 44.8 Å². The molecule has 0 aliphatic rings. The second-order valence-corrected chi connectivity index (χ2v) is 15.7. The lowest BCUT2D eigenvalue weighted by Crippen LogP contribution is -2.38. The smallest absolute Gasteiger partial charge is 0.311 e. The van der Waals surface area contributed by atoms with E-state index >= 15 is 0 Å². The van der Waals surface area contributed by atoms with E-state index in [-0.39, 0.29) is 16.3 Å². The quantitative estimate of drug-likeness (QED) is 0.211. The van der Waals surface area contributed by atoms with Gasteiger partial charge in [-0.25, -0.2) is 0 Å². The fraction of sp³-hybridized carbons (Fsp3) is 0.857. The molecule has 6 heteroatoms. The van der Waals surface area contributed by atoms with Crippen LogP contribution in [0.3, 0.4) is 0 Å². The van der Waals surface area contributed by atoms with Crippen LogP contribution in [0, 0.1) is 10.8 Å². The van der Waals surface area contributed by atoms with Crippen LogP contribution in [-0.4, -0.2) is 33.4 Å². The fourth-order valence-electron chi connectivity index (χ4n) is 1.19. The molecule has 0 saturated carbocycles. The summed E-state index contributed by atoms with van der Waals surface area (Å²) in [4.78, 5) is 11.2. The predicted octanol–water partition coefficient (Wildman–Crippen LogP) is 6.99. The van der Waals surface area contributed by atoms with Crippen molar-refractivity contribution in [2.24, 2.45) is 10.8 Å². The van der Waals surface area contributed by atoms with E-state index in [1.165, 1.54) is 7.11 Å². The van der Waals surface area contributed by atoms with Crippen molar-refractivity contribution in [1.82, 2.24) is 0 Å². The van der Waals surface area contributed by atoms with Crippen LogP contribution in [0.2, 0.25) is 19.6 Å². The summed E-state index contributed by atoms with van der Waals surface area (Å²) in [6.45, 7) is 26.1. The lowest BCUT2D eigenvalue weighted by molar-refractivity contribution is -0.156. The molecule has 27 heavy (non-hydrogen) atoms. The molecule has 0 amide bonds. The average molecular weight is 425 g/mol. The van der Waals surface area contributed by atoms with Gasteiger partial charge >= 0.3 is 5.97 Å². The van der Waals surface area contributed by atoms with Gasteiger partial charge in [0.15, 0.2) is 0 Å². The van der Waals surface area contributed by atoms with E-state index in [0.717, 1.165) is 5.57 Å². The van der Waals surface area contributed by atoms with Gasteiger partial charge in [0.25, 0.3) is 5.95 Å². The van der Waals surface area contributed by atoms with Crippen molar-refractivity contribution in [3.05, 3.63) is 11.5 Å². The number of rotatable bonds is 4. The monoisotopic (exact) mass is 424 g/mol. The highest BCUT2D eigenvalue weighted by molar-refractivity contribution is 6.70. The second kappa shape index (κ2) is 12.0. The third-order valence-electron chi connectivity index (χ3n) is 3.56. The molecular weight excluding hydrogens is 380 g/mol. The average Bonchev–Trinajstić information content (AvgIpc) is 2.40. The number of hydrogen-bond acceptors (Lipinski definition) is 4. The number of alkyl halides is 1. The van der Waals surface area contributed by atoms with Crippen molar-refractivity contribution in [2.75, 3.05) is 14.2 Å². The maximum absolute atomic E-state index is 11.3. The Morgan fingerprint density at radius 3 is 1.22 bits per heavy atom. The van der Waals surface area contributed by atoms with Crippen LogP contribution >= 0.6 is 11.6 Å². The molecule has 0 aromatic heterocycles. The maximum Gasteiger partial charge on any atom is 0.311 e. The van der Waals surface area contributed by atoms with E-state index in [0.29, 0.717) is 5.95 Å². The molecule has 4 nitrogen and oxygen atoms in total. The Morgan fingerprint density at radius 2 is 1.15 bits per heavy atom. The number of esters is 1. The molecule has 0 fully saturated rings. The number of ether oxygens (including phenoxy) is 2. The third-order valence-corrected chi connectivity index (χ3v) is 4.36. The molecule has 0 rings (SSSR count). The van der Waals surface area contributed by atoms with Gasteiger partial charge in [0, 0.05) is 10.4 Å². The maximum atomic E-state index is 11.3. The van der Waals surface area contributed by atoms with E-state index in [9.17, 15) is 4.79 Å². The van der Waals surface area contributed by atoms with E-state index < -0.39 is 13.7 Å². The van der Waals surface area contributed by atoms with Crippen LogP contribution in [0.5, 0.6) is 0 Å². The zero-order valence-corrected chi connectivity index (χ0v) is 22.3. The van der Waals surface area contributed by atoms with E-state index in [2.05, 4.69) is 19.6 Å². The Morgan fingerprint density at radius 1 is 0.815 bits per heavy atom. The van der Waals surface area contributed by atoms with E-state index in [1.807, 2.05) is 69.2 Å². The number of carbonyl (C=O) groups is 1. The van der Waals surface area contributed by atoms with Gasteiger partial charge in [-0.1, -0.05) is 20.8 Å². The summed E-state index contributed by atoms with van der Waals surface area (Å²) in [5, 5.41) is 0. The first-order valence-corrected chi connectivity index (χ1v) is 13.1. The fourth-order valence-corrected chi connectivity index (χ4v) is 2.03. The van der Waals surface area contributed by atoms with Crippen molar-refractivity contribution in [3.8, 4) is 0 Å². The molecule has 0 bridgehead atoms. The van der Waals surface area contributed by atoms with Crippen molar-refractivity contribution < 1.29 is 18.7 Å². The normalized spacial score (nSPS) is 11.9. The summed E-state index contributed by atoms with van der Waals surface area (Å²) in [5.74, 6) is 0.536. The molecule has 0 spiro atoms. The highest BCUT2D eigenvalue weighted by Crippen LogP contribution is 2.38. The zero-order valence-electron chi connectivity index (χ0n) is 20.5. The molecule has 0 aliphatic heterocycles. The third kappa shape index (κ3) is 18.4. The van der Waals surface area contributed by atoms with Crippen LogP contribution in [0.4, 0.5) is 0 Å².